The minimum absolute atomic E-state index is 0.478. The first-order valence-electron chi connectivity index (χ1n) is 7.86. The summed E-state index contributed by atoms with van der Waals surface area (Å²) in [5.41, 5.74) is 1.39. The molecule has 3 heteroatoms. The van der Waals surface area contributed by atoms with E-state index in [0.717, 1.165) is 24.6 Å². The average molecular weight is 294 g/mol. The molecule has 0 aromatic heterocycles. The van der Waals surface area contributed by atoms with Crippen molar-refractivity contribution in [1.82, 2.24) is 5.32 Å². The van der Waals surface area contributed by atoms with Gasteiger partial charge in [-0.15, -0.1) is 0 Å². The lowest BCUT2D eigenvalue weighted by Crippen LogP contribution is -2.43. The highest BCUT2D eigenvalue weighted by molar-refractivity contribution is 6.30. The van der Waals surface area contributed by atoms with Crippen molar-refractivity contribution in [3.8, 4) is 0 Å². The van der Waals surface area contributed by atoms with Crippen LogP contribution in [-0.2, 0) is 4.74 Å². The Balaban J connectivity index is 1.42. The first kappa shape index (κ1) is 14.4. The molecule has 1 aromatic carbocycles. The van der Waals surface area contributed by atoms with Gasteiger partial charge in [0.2, 0.25) is 0 Å². The maximum atomic E-state index is 6.06. The minimum Gasteiger partial charge on any atom is -0.378 e. The Morgan fingerprint density at radius 3 is 2.95 bits per heavy atom. The van der Waals surface area contributed by atoms with Crippen molar-refractivity contribution in [2.45, 2.75) is 50.7 Å². The second-order valence-electron chi connectivity index (χ2n) is 6.19. The number of halogens is 1. The van der Waals surface area contributed by atoms with Gasteiger partial charge in [0.05, 0.1) is 6.10 Å². The highest BCUT2D eigenvalue weighted by Gasteiger charge is 2.32. The van der Waals surface area contributed by atoms with E-state index in [1.165, 1.54) is 24.8 Å². The monoisotopic (exact) mass is 293 g/mol. The van der Waals surface area contributed by atoms with Crippen molar-refractivity contribution < 1.29 is 4.74 Å². The van der Waals surface area contributed by atoms with Gasteiger partial charge >= 0.3 is 0 Å². The van der Waals surface area contributed by atoms with E-state index in [1.807, 2.05) is 6.07 Å². The smallest absolute Gasteiger partial charge is 0.0613 e. The molecule has 1 aliphatic carbocycles. The lowest BCUT2D eigenvalue weighted by atomic mass is 9.75. The summed E-state index contributed by atoms with van der Waals surface area (Å²) in [4.78, 5) is 0. The summed E-state index contributed by atoms with van der Waals surface area (Å²) in [6.07, 6.45) is 5.32. The summed E-state index contributed by atoms with van der Waals surface area (Å²) < 4.78 is 5.75. The van der Waals surface area contributed by atoms with Crippen LogP contribution < -0.4 is 5.32 Å². The summed E-state index contributed by atoms with van der Waals surface area (Å²) in [5, 5.41) is 4.58. The van der Waals surface area contributed by atoms with Gasteiger partial charge in [-0.25, -0.2) is 0 Å². The van der Waals surface area contributed by atoms with Crippen LogP contribution in [0.5, 0.6) is 0 Å². The van der Waals surface area contributed by atoms with E-state index in [9.17, 15) is 0 Å². The van der Waals surface area contributed by atoms with E-state index in [1.54, 1.807) is 0 Å². The summed E-state index contributed by atoms with van der Waals surface area (Å²) in [7, 11) is 0. The molecule has 2 aliphatic rings. The molecular weight excluding hydrogens is 270 g/mol. The standard InChI is InChI=1S/C17H24ClNO/c1-2-17-13(6-7-20-17)11-19-16-9-14(10-16)12-4-3-5-15(18)8-12/h3-5,8,13-14,16-17,19H,2,6-7,9-11H2,1H3. The van der Waals surface area contributed by atoms with Gasteiger partial charge in [0, 0.05) is 24.2 Å². The molecule has 20 heavy (non-hydrogen) atoms. The van der Waals surface area contributed by atoms with Crippen molar-refractivity contribution in [2.24, 2.45) is 5.92 Å². The van der Waals surface area contributed by atoms with E-state index >= 15 is 0 Å². The van der Waals surface area contributed by atoms with Gasteiger partial charge in [-0.1, -0.05) is 30.7 Å². The van der Waals surface area contributed by atoms with E-state index in [-0.39, 0.29) is 0 Å². The molecule has 1 N–H and O–H groups in total. The molecule has 0 amide bonds. The fraction of sp³-hybridized carbons (Fsp3) is 0.647. The Morgan fingerprint density at radius 2 is 2.20 bits per heavy atom. The zero-order chi connectivity index (χ0) is 13.9. The third-order valence-corrected chi connectivity index (χ3v) is 5.11. The van der Waals surface area contributed by atoms with Crippen LogP contribution in [0.2, 0.25) is 5.02 Å². The molecule has 1 heterocycles. The van der Waals surface area contributed by atoms with E-state index < -0.39 is 0 Å². The topological polar surface area (TPSA) is 21.3 Å². The van der Waals surface area contributed by atoms with Crippen LogP contribution in [0.25, 0.3) is 0 Å². The lowest BCUT2D eigenvalue weighted by Gasteiger charge is -2.37. The van der Waals surface area contributed by atoms with Crippen LogP contribution in [-0.4, -0.2) is 25.3 Å². The molecule has 110 valence electrons. The van der Waals surface area contributed by atoms with Gasteiger partial charge in [-0.05, 0) is 55.2 Å². The molecule has 0 spiro atoms. The molecule has 2 atom stereocenters. The predicted octanol–water partition coefficient (Wildman–Crippen LogP) is 3.99. The maximum absolute atomic E-state index is 6.06. The first-order valence-corrected chi connectivity index (χ1v) is 8.24. The number of rotatable bonds is 5. The molecular formula is C17H24ClNO. The number of nitrogens with one attached hydrogen (secondary N) is 1. The quantitative estimate of drug-likeness (QED) is 0.886. The van der Waals surface area contributed by atoms with Crippen molar-refractivity contribution in [3.63, 3.8) is 0 Å². The molecule has 3 rings (SSSR count). The maximum Gasteiger partial charge on any atom is 0.0613 e. The van der Waals surface area contributed by atoms with Crippen molar-refractivity contribution in [3.05, 3.63) is 34.9 Å². The number of hydrogen-bond acceptors (Lipinski definition) is 2. The fourth-order valence-corrected chi connectivity index (χ4v) is 3.71. The van der Waals surface area contributed by atoms with Crippen molar-refractivity contribution >= 4 is 11.6 Å². The van der Waals surface area contributed by atoms with Crippen LogP contribution in [0, 0.1) is 5.92 Å². The molecule has 1 saturated carbocycles. The first-order chi connectivity index (χ1) is 9.76. The van der Waals surface area contributed by atoms with Gasteiger partial charge in [-0.2, -0.15) is 0 Å². The van der Waals surface area contributed by atoms with Gasteiger partial charge in [0.25, 0.3) is 0 Å². The third kappa shape index (κ3) is 3.19. The molecule has 1 aliphatic heterocycles. The van der Waals surface area contributed by atoms with Crippen LogP contribution in [0.3, 0.4) is 0 Å². The highest BCUT2D eigenvalue weighted by atomic mass is 35.5. The zero-order valence-electron chi connectivity index (χ0n) is 12.1. The zero-order valence-corrected chi connectivity index (χ0v) is 12.9. The SMILES string of the molecule is CCC1OCCC1CNC1CC(c2cccc(Cl)c2)C1. The molecule has 0 bridgehead atoms. The van der Waals surface area contributed by atoms with E-state index in [0.29, 0.717) is 24.0 Å². The second-order valence-corrected chi connectivity index (χ2v) is 6.63. The Bertz CT molecular complexity index is 444. The second kappa shape index (κ2) is 6.46. The van der Waals surface area contributed by atoms with Crippen LogP contribution in [0.4, 0.5) is 0 Å². The Labute approximate surface area is 126 Å². The Hall–Kier alpha value is -0.570. The number of benzene rings is 1. The summed E-state index contributed by atoms with van der Waals surface area (Å²) in [5.74, 6) is 1.40. The van der Waals surface area contributed by atoms with Gasteiger partial charge in [0.15, 0.2) is 0 Å². The highest BCUT2D eigenvalue weighted by Crippen LogP contribution is 2.38. The molecule has 2 fully saturated rings. The number of ether oxygens (including phenoxy) is 1. The number of hydrogen-bond donors (Lipinski definition) is 1. The Morgan fingerprint density at radius 1 is 1.35 bits per heavy atom. The normalized spacial score (nSPS) is 33.1. The minimum atomic E-state index is 0.478. The summed E-state index contributed by atoms with van der Waals surface area (Å²) in [6, 6.07) is 8.99. The van der Waals surface area contributed by atoms with E-state index in [4.69, 9.17) is 16.3 Å². The van der Waals surface area contributed by atoms with Crippen LogP contribution in [0.15, 0.2) is 24.3 Å². The molecule has 0 radical (unpaired) electrons. The van der Waals surface area contributed by atoms with Gasteiger partial charge in [0.1, 0.15) is 0 Å². The van der Waals surface area contributed by atoms with Crippen molar-refractivity contribution in [2.75, 3.05) is 13.2 Å². The molecule has 1 aromatic rings. The van der Waals surface area contributed by atoms with Crippen LogP contribution in [0.1, 0.15) is 44.1 Å². The Kier molecular flexibility index (Phi) is 4.65. The lowest BCUT2D eigenvalue weighted by molar-refractivity contribution is 0.0853. The average Bonchev–Trinajstić information content (AvgIpc) is 2.84. The predicted molar refractivity (Wildman–Crippen MR) is 83.4 cm³/mol. The molecule has 2 unspecified atom stereocenters. The summed E-state index contributed by atoms with van der Waals surface area (Å²) >= 11 is 6.06. The molecule has 2 nitrogen and oxygen atoms in total. The van der Waals surface area contributed by atoms with Gasteiger partial charge < -0.3 is 10.1 Å². The van der Waals surface area contributed by atoms with Gasteiger partial charge in [-0.3, -0.25) is 0 Å². The third-order valence-electron chi connectivity index (χ3n) is 4.88. The largest absolute Gasteiger partial charge is 0.378 e. The van der Waals surface area contributed by atoms with E-state index in [2.05, 4.69) is 30.4 Å². The van der Waals surface area contributed by atoms with Crippen molar-refractivity contribution in [1.29, 1.82) is 0 Å². The molecule has 1 saturated heterocycles. The van der Waals surface area contributed by atoms with Crippen LogP contribution >= 0.6 is 11.6 Å². The summed E-state index contributed by atoms with van der Waals surface area (Å²) in [6.45, 7) is 4.29. The fourth-order valence-electron chi connectivity index (χ4n) is 3.51.